The summed E-state index contributed by atoms with van der Waals surface area (Å²) < 4.78 is 0. The van der Waals surface area contributed by atoms with Crippen molar-refractivity contribution in [1.29, 1.82) is 0 Å². The lowest BCUT2D eigenvalue weighted by Crippen LogP contribution is -2.34. The van der Waals surface area contributed by atoms with Crippen LogP contribution in [0, 0.1) is 0 Å². The lowest BCUT2D eigenvalue weighted by molar-refractivity contribution is 0.518. The zero-order valence-electron chi connectivity index (χ0n) is 8.54. The summed E-state index contributed by atoms with van der Waals surface area (Å²) in [4.78, 5) is 7.38. The van der Waals surface area contributed by atoms with Crippen molar-refractivity contribution in [2.45, 2.75) is 25.8 Å². The standard InChI is InChI=1S/C11H15N3/c1-11(2,12)6-8-7-14-10-9(8)4-3-5-13-10/h3-5,7H,6,12H2,1-2H3,(H,13,14). The molecule has 0 bridgehead atoms. The van der Waals surface area contributed by atoms with Gasteiger partial charge < -0.3 is 10.7 Å². The van der Waals surface area contributed by atoms with Crippen molar-refractivity contribution in [3.63, 3.8) is 0 Å². The zero-order chi connectivity index (χ0) is 10.2. The Hall–Kier alpha value is -1.35. The van der Waals surface area contributed by atoms with Crippen molar-refractivity contribution >= 4 is 11.0 Å². The Labute approximate surface area is 83.3 Å². The van der Waals surface area contributed by atoms with Crippen LogP contribution < -0.4 is 5.73 Å². The molecule has 0 aliphatic rings. The molecule has 0 aliphatic heterocycles. The van der Waals surface area contributed by atoms with Gasteiger partial charge in [0.15, 0.2) is 0 Å². The number of hydrogen-bond donors (Lipinski definition) is 2. The Morgan fingerprint density at radius 1 is 1.50 bits per heavy atom. The molecule has 2 heterocycles. The van der Waals surface area contributed by atoms with Crippen LogP contribution in [-0.4, -0.2) is 15.5 Å². The third kappa shape index (κ3) is 1.77. The van der Waals surface area contributed by atoms with Gasteiger partial charge in [-0.3, -0.25) is 0 Å². The fraction of sp³-hybridized carbons (Fsp3) is 0.364. The maximum atomic E-state index is 5.98. The average Bonchev–Trinajstić information content (AvgIpc) is 2.47. The summed E-state index contributed by atoms with van der Waals surface area (Å²) in [6.45, 7) is 4.06. The summed E-state index contributed by atoms with van der Waals surface area (Å²) in [5, 5.41) is 1.17. The smallest absolute Gasteiger partial charge is 0.137 e. The van der Waals surface area contributed by atoms with Crippen molar-refractivity contribution in [3.8, 4) is 0 Å². The van der Waals surface area contributed by atoms with Gasteiger partial charge in [-0.1, -0.05) is 0 Å². The first-order valence-electron chi connectivity index (χ1n) is 4.76. The van der Waals surface area contributed by atoms with E-state index in [1.165, 1.54) is 10.9 Å². The molecule has 14 heavy (non-hydrogen) atoms. The van der Waals surface area contributed by atoms with E-state index in [0.717, 1.165) is 12.1 Å². The second-order valence-electron chi connectivity index (χ2n) is 4.38. The highest BCUT2D eigenvalue weighted by atomic mass is 14.8. The normalized spacial score (nSPS) is 12.2. The van der Waals surface area contributed by atoms with Gasteiger partial charge >= 0.3 is 0 Å². The van der Waals surface area contributed by atoms with E-state index in [-0.39, 0.29) is 5.54 Å². The Bertz CT molecular complexity index is 437. The van der Waals surface area contributed by atoms with E-state index in [1.54, 1.807) is 6.20 Å². The maximum Gasteiger partial charge on any atom is 0.137 e. The number of H-pyrrole nitrogens is 1. The lowest BCUT2D eigenvalue weighted by Gasteiger charge is -2.17. The van der Waals surface area contributed by atoms with E-state index in [1.807, 2.05) is 26.1 Å². The van der Waals surface area contributed by atoms with E-state index < -0.39 is 0 Å². The summed E-state index contributed by atoms with van der Waals surface area (Å²) in [5.41, 5.74) is 7.98. The lowest BCUT2D eigenvalue weighted by atomic mass is 9.96. The van der Waals surface area contributed by atoms with Gasteiger partial charge in [0.2, 0.25) is 0 Å². The van der Waals surface area contributed by atoms with E-state index in [0.29, 0.717) is 0 Å². The molecular formula is C11H15N3. The maximum absolute atomic E-state index is 5.98. The fourth-order valence-corrected chi connectivity index (χ4v) is 1.65. The minimum atomic E-state index is -0.176. The molecule has 0 amide bonds. The van der Waals surface area contributed by atoms with Crippen LogP contribution in [0.15, 0.2) is 24.5 Å². The molecule has 74 valence electrons. The molecule has 3 N–H and O–H groups in total. The molecule has 0 saturated carbocycles. The van der Waals surface area contributed by atoms with Crippen LogP contribution >= 0.6 is 0 Å². The van der Waals surface area contributed by atoms with Crippen LogP contribution in [0.5, 0.6) is 0 Å². The first-order valence-corrected chi connectivity index (χ1v) is 4.76. The quantitative estimate of drug-likeness (QED) is 0.757. The largest absolute Gasteiger partial charge is 0.346 e. The highest BCUT2D eigenvalue weighted by Gasteiger charge is 2.14. The second kappa shape index (κ2) is 3.10. The molecule has 0 unspecified atom stereocenters. The van der Waals surface area contributed by atoms with E-state index in [4.69, 9.17) is 5.73 Å². The number of aromatic nitrogens is 2. The van der Waals surface area contributed by atoms with Crippen molar-refractivity contribution in [2.24, 2.45) is 5.73 Å². The molecule has 0 atom stereocenters. The van der Waals surface area contributed by atoms with Crippen LogP contribution in [0.2, 0.25) is 0 Å². The topological polar surface area (TPSA) is 54.7 Å². The molecule has 0 aromatic carbocycles. The van der Waals surface area contributed by atoms with Crippen molar-refractivity contribution in [2.75, 3.05) is 0 Å². The average molecular weight is 189 g/mol. The van der Waals surface area contributed by atoms with Gasteiger partial charge in [-0.25, -0.2) is 4.98 Å². The van der Waals surface area contributed by atoms with Gasteiger partial charge in [-0.15, -0.1) is 0 Å². The molecule has 2 aromatic heterocycles. The number of hydrogen-bond acceptors (Lipinski definition) is 2. The molecular weight excluding hydrogens is 174 g/mol. The number of nitrogens with zero attached hydrogens (tertiary/aromatic N) is 1. The molecule has 3 nitrogen and oxygen atoms in total. The monoisotopic (exact) mass is 189 g/mol. The summed E-state index contributed by atoms with van der Waals surface area (Å²) >= 11 is 0. The summed E-state index contributed by atoms with van der Waals surface area (Å²) in [6.07, 6.45) is 4.64. The third-order valence-corrected chi connectivity index (χ3v) is 2.18. The van der Waals surface area contributed by atoms with Gasteiger partial charge in [0.05, 0.1) is 0 Å². The van der Waals surface area contributed by atoms with Gasteiger partial charge in [0, 0.05) is 23.3 Å². The number of fused-ring (bicyclic) bond motifs is 1. The van der Waals surface area contributed by atoms with Crippen molar-refractivity contribution in [3.05, 3.63) is 30.1 Å². The first kappa shape index (κ1) is 9.21. The second-order valence-corrected chi connectivity index (χ2v) is 4.38. The predicted octanol–water partition coefficient (Wildman–Crippen LogP) is 1.84. The van der Waals surface area contributed by atoms with Crippen molar-refractivity contribution in [1.82, 2.24) is 9.97 Å². The Balaban J connectivity index is 2.44. The first-order chi connectivity index (χ1) is 6.56. The summed E-state index contributed by atoms with van der Waals surface area (Å²) in [5.74, 6) is 0. The molecule has 0 fully saturated rings. The fourth-order valence-electron chi connectivity index (χ4n) is 1.65. The summed E-state index contributed by atoms with van der Waals surface area (Å²) in [7, 11) is 0. The highest BCUT2D eigenvalue weighted by molar-refractivity contribution is 5.79. The molecule has 0 spiro atoms. The van der Waals surface area contributed by atoms with Crippen LogP contribution in [0.25, 0.3) is 11.0 Å². The Morgan fingerprint density at radius 2 is 2.29 bits per heavy atom. The van der Waals surface area contributed by atoms with Crippen LogP contribution in [0.3, 0.4) is 0 Å². The zero-order valence-corrected chi connectivity index (χ0v) is 8.54. The van der Waals surface area contributed by atoms with Crippen molar-refractivity contribution < 1.29 is 0 Å². The van der Waals surface area contributed by atoms with Crippen LogP contribution in [-0.2, 0) is 6.42 Å². The number of pyridine rings is 1. The van der Waals surface area contributed by atoms with Gasteiger partial charge in [0.25, 0.3) is 0 Å². The molecule has 2 aromatic rings. The Kier molecular flexibility index (Phi) is 2.04. The molecule has 3 heteroatoms. The SMILES string of the molecule is CC(C)(N)Cc1c[nH]c2ncccc12. The van der Waals surface area contributed by atoms with E-state index in [9.17, 15) is 0 Å². The van der Waals surface area contributed by atoms with Gasteiger partial charge in [-0.2, -0.15) is 0 Å². The number of nitrogens with two attached hydrogens (primary N) is 1. The van der Waals surface area contributed by atoms with Gasteiger partial charge in [0.1, 0.15) is 5.65 Å². The van der Waals surface area contributed by atoms with E-state index in [2.05, 4.69) is 16.0 Å². The highest BCUT2D eigenvalue weighted by Crippen LogP contribution is 2.19. The number of aromatic amines is 1. The predicted molar refractivity (Wildman–Crippen MR) is 58.1 cm³/mol. The van der Waals surface area contributed by atoms with Crippen LogP contribution in [0.4, 0.5) is 0 Å². The minimum Gasteiger partial charge on any atom is -0.346 e. The molecule has 0 radical (unpaired) electrons. The number of nitrogens with one attached hydrogen (secondary N) is 1. The number of rotatable bonds is 2. The molecule has 2 rings (SSSR count). The molecule has 0 saturated heterocycles. The molecule has 0 aliphatic carbocycles. The van der Waals surface area contributed by atoms with E-state index >= 15 is 0 Å². The van der Waals surface area contributed by atoms with Gasteiger partial charge in [-0.05, 0) is 38.0 Å². The minimum absolute atomic E-state index is 0.176. The van der Waals surface area contributed by atoms with Crippen LogP contribution in [0.1, 0.15) is 19.4 Å². The third-order valence-electron chi connectivity index (χ3n) is 2.18. The summed E-state index contributed by atoms with van der Waals surface area (Å²) in [6, 6.07) is 4.02. The Morgan fingerprint density at radius 3 is 3.00 bits per heavy atom.